The van der Waals surface area contributed by atoms with Crippen LogP contribution in [0.3, 0.4) is 0 Å². The molecule has 23 heavy (non-hydrogen) atoms. The quantitative estimate of drug-likeness (QED) is 0.560. The van der Waals surface area contributed by atoms with Crippen molar-refractivity contribution >= 4 is 17.7 Å². The molecule has 0 spiro atoms. The normalized spacial score (nSPS) is 25.6. The van der Waals surface area contributed by atoms with Gasteiger partial charge >= 0.3 is 11.8 Å². The number of piperazine rings is 1. The van der Waals surface area contributed by atoms with Crippen molar-refractivity contribution in [3.63, 3.8) is 0 Å². The lowest BCUT2D eigenvalue weighted by atomic mass is 10.2. The van der Waals surface area contributed by atoms with Crippen LogP contribution in [0.25, 0.3) is 0 Å². The highest BCUT2D eigenvalue weighted by atomic mass is 16.5. The van der Waals surface area contributed by atoms with E-state index in [1.807, 2.05) is 0 Å². The predicted molar refractivity (Wildman–Crippen MR) is 79.5 cm³/mol. The van der Waals surface area contributed by atoms with Crippen molar-refractivity contribution in [2.75, 3.05) is 59.1 Å². The van der Waals surface area contributed by atoms with E-state index in [9.17, 15) is 14.4 Å². The number of hydrogen-bond donors (Lipinski definition) is 0. The van der Waals surface area contributed by atoms with Gasteiger partial charge in [-0.15, -0.1) is 0 Å². The van der Waals surface area contributed by atoms with Gasteiger partial charge in [0.15, 0.2) is 0 Å². The van der Waals surface area contributed by atoms with E-state index in [1.165, 1.54) is 9.80 Å². The first kappa shape index (κ1) is 16.2. The van der Waals surface area contributed by atoms with E-state index in [0.717, 1.165) is 12.8 Å². The van der Waals surface area contributed by atoms with Crippen molar-refractivity contribution in [2.24, 2.45) is 0 Å². The first-order valence-electron chi connectivity index (χ1n) is 8.23. The minimum atomic E-state index is -0.476. The van der Waals surface area contributed by atoms with Crippen LogP contribution in [0, 0.1) is 0 Å². The summed E-state index contributed by atoms with van der Waals surface area (Å²) in [6.45, 7) is 4.22. The number of amides is 3. The smallest absolute Gasteiger partial charge is 0.312 e. The Kier molecular flexibility index (Phi) is 5.12. The van der Waals surface area contributed by atoms with Crippen molar-refractivity contribution < 1.29 is 23.9 Å². The fourth-order valence-corrected chi connectivity index (χ4v) is 3.14. The summed E-state index contributed by atoms with van der Waals surface area (Å²) in [6.07, 6.45) is 1.36. The summed E-state index contributed by atoms with van der Waals surface area (Å²) in [4.78, 5) is 41.6. The summed E-state index contributed by atoms with van der Waals surface area (Å²) in [5, 5.41) is 0. The van der Waals surface area contributed by atoms with Gasteiger partial charge in [0.25, 0.3) is 5.91 Å². The van der Waals surface area contributed by atoms with Gasteiger partial charge in [-0.2, -0.15) is 0 Å². The summed E-state index contributed by atoms with van der Waals surface area (Å²) >= 11 is 0. The lowest BCUT2D eigenvalue weighted by molar-refractivity contribution is -0.156. The van der Waals surface area contributed by atoms with Crippen LogP contribution >= 0.6 is 0 Å². The topological polar surface area (TPSA) is 79.4 Å². The Hall–Kier alpha value is -1.67. The van der Waals surface area contributed by atoms with Crippen molar-refractivity contribution in [2.45, 2.75) is 18.9 Å². The third kappa shape index (κ3) is 3.64. The maximum absolute atomic E-state index is 12.3. The largest absolute Gasteiger partial charge is 0.378 e. The standard InChI is InChI=1S/C15H23N3O5/c19-13(12-2-1-9-23-12)16-3-5-17(6-4-16)14(20)15(21)18-7-10-22-11-8-18/h12H,1-11H2. The Labute approximate surface area is 135 Å². The lowest BCUT2D eigenvalue weighted by Gasteiger charge is -2.36. The van der Waals surface area contributed by atoms with Gasteiger partial charge in [-0.05, 0) is 12.8 Å². The SMILES string of the molecule is O=C(C(=O)N1CCN(C(=O)C2CCCO2)CC1)N1CCOCC1. The summed E-state index contributed by atoms with van der Waals surface area (Å²) in [5.41, 5.74) is 0. The van der Waals surface area contributed by atoms with Gasteiger partial charge in [0, 0.05) is 45.9 Å². The number of carbonyl (C=O) groups is 3. The maximum Gasteiger partial charge on any atom is 0.312 e. The molecule has 3 heterocycles. The van der Waals surface area contributed by atoms with Crippen LogP contribution in [-0.4, -0.2) is 97.6 Å². The minimum Gasteiger partial charge on any atom is -0.378 e. The van der Waals surface area contributed by atoms with E-state index in [1.54, 1.807) is 4.90 Å². The first-order valence-corrected chi connectivity index (χ1v) is 8.23. The van der Waals surface area contributed by atoms with E-state index in [-0.39, 0.29) is 12.0 Å². The zero-order valence-electron chi connectivity index (χ0n) is 13.2. The van der Waals surface area contributed by atoms with E-state index in [2.05, 4.69) is 0 Å². The molecule has 1 unspecified atom stereocenters. The summed E-state index contributed by atoms with van der Waals surface area (Å²) in [7, 11) is 0. The van der Waals surface area contributed by atoms with E-state index >= 15 is 0 Å². The second-order valence-corrected chi connectivity index (χ2v) is 6.02. The molecule has 128 valence electrons. The summed E-state index contributed by atoms with van der Waals surface area (Å²) in [5.74, 6) is -0.933. The van der Waals surface area contributed by atoms with Crippen LogP contribution in [0.1, 0.15) is 12.8 Å². The van der Waals surface area contributed by atoms with Crippen LogP contribution in [0.5, 0.6) is 0 Å². The number of nitrogens with zero attached hydrogens (tertiary/aromatic N) is 3. The highest BCUT2D eigenvalue weighted by molar-refractivity contribution is 6.34. The Bertz CT molecular complexity index is 464. The molecule has 0 aromatic heterocycles. The molecule has 3 saturated heterocycles. The molecule has 0 saturated carbocycles. The average Bonchev–Trinajstić information content (AvgIpc) is 3.15. The number of ether oxygens (including phenoxy) is 2. The van der Waals surface area contributed by atoms with Gasteiger partial charge in [-0.25, -0.2) is 0 Å². The first-order chi connectivity index (χ1) is 11.2. The number of carbonyl (C=O) groups excluding carboxylic acids is 3. The van der Waals surface area contributed by atoms with Crippen molar-refractivity contribution in [1.82, 2.24) is 14.7 Å². The summed E-state index contributed by atoms with van der Waals surface area (Å²) < 4.78 is 10.6. The zero-order chi connectivity index (χ0) is 16.2. The molecule has 0 bridgehead atoms. The monoisotopic (exact) mass is 325 g/mol. The van der Waals surface area contributed by atoms with Gasteiger partial charge in [0.1, 0.15) is 6.10 Å². The molecular weight excluding hydrogens is 302 g/mol. The highest BCUT2D eigenvalue weighted by Crippen LogP contribution is 2.16. The van der Waals surface area contributed by atoms with Crippen molar-refractivity contribution in [3.05, 3.63) is 0 Å². The van der Waals surface area contributed by atoms with E-state index in [4.69, 9.17) is 9.47 Å². The van der Waals surface area contributed by atoms with Crippen LogP contribution in [-0.2, 0) is 23.9 Å². The predicted octanol–water partition coefficient (Wildman–Crippen LogP) is -1.30. The molecule has 0 N–H and O–H groups in total. The van der Waals surface area contributed by atoms with Gasteiger partial charge in [-0.1, -0.05) is 0 Å². The van der Waals surface area contributed by atoms with Crippen LogP contribution < -0.4 is 0 Å². The van der Waals surface area contributed by atoms with Crippen LogP contribution in [0.4, 0.5) is 0 Å². The molecule has 0 aliphatic carbocycles. The highest BCUT2D eigenvalue weighted by Gasteiger charge is 2.34. The maximum atomic E-state index is 12.3. The molecule has 8 nitrogen and oxygen atoms in total. The second-order valence-electron chi connectivity index (χ2n) is 6.02. The Morgan fingerprint density at radius 1 is 0.739 bits per heavy atom. The van der Waals surface area contributed by atoms with E-state index in [0.29, 0.717) is 59.1 Å². The lowest BCUT2D eigenvalue weighted by Crippen LogP contribution is -2.56. The van der Waals surface area contributed by atoms with Crippen molar-refractivity contribution in [3.8, 4) is 0 Å². The molecule has 0 aromatic rings. The molecule has 8 heteroatoms. The van der Waals surface area contributed by atoms with Crippen LogP contribution in [0.15, 0.2) is 0 Å². The molecule has 3 fully saturated rings. The minimum absolute atomic E-state index is 0.00843. The Balaban J connectivity index is 1.48. The molecule has 0 aromatic carbocycles. The number of rotatable bonds is 1. The molecule has 1 atom stereocenters. The Morgan fingerprint density at radius 3 is 1.87 bits per heavy atom. The third-order valence-corrected chi connectivity index (χ3v) is 4.56. The number of hydrogen-bond acceptors (Lipinski definition) is 5. The van der Waals surface area contributed by atoms with Crippen molar-refractivity contribution in [1.29, 1.82) is 0 Å². The molecule has 3 amide bonds. The number of morpholine rings is 1. The fourth-order valence-electron chi connectivity index (χ4n) is 3.14. The Morgan fingerprint density at radius 2 is 1.30 bits per heavy atom. The van der Waals surface area contributed by atoms with Gasteiger partial charge in [0.05, 0.1) is 13.2 Å². The van der Waals surface area contributed by atoms with Gasteiger partial charge in [-0.3, -0.25) is 14.4 Å². The second kappa shape index (κ2) is 7.27. The molecule has 3 rings (SSSR count). The van der Waals surface area contributed by atoms with E-state index < -0.39 is 11.8 Å². The fraction of sp³-hybridized carbons (Fsp3) is 0.800. The average molecular weight is 325 g/mol. The molecule has 3 aliphatic rings. The summed E-state index contributed by atoms with van der Waals surface area (Å²) in [6, 6.07) is 0. The van der Waals surface area contributed by atoms with Gasteiger partial charge in [0.2, 0.25) is 0 Å². The molecule has 3 aliphatic heterocycles. The van der Waals surface area contributed by atoms with Gasteiger partial charge < -0.3 is 24.2 Å². The van der Waals surface area contributed by atoms with Crippen LogP contribution in [0.2, 0.25) is 0 Å². The molecule has 0 radical (unpaired) electrons. The molecular formula is C15H23N3O5. The zero-order valence-corrected chi connectivity index (χ0v) is 13.2. The third-order valence-electron chi connectivity index (χ3n) is 4.56.